The van der Waals surface area contributed by atoms with Crippen molar-refractivity contribution in [2.24, 2.45) is 5.92 Å². The number of anilines is 1. The Kier molecular flexibility index (Phi) is 3.38. The van der Waals surface area contributed by atoms with Crippen molar-refractivity contribution >= 4 is 32.7 Å². The minimum absolute atomic E-state index is 0.611. The molecule has 106 valence electrons. The number of nitrogens with zero attached hydrogens (tertiary/aromatic N) is 1. The van der Waals surface area contributed by atoms with Crippen LogP contribution in [0.2, 0.25) is 0 Å². The zero-order valence-corrected chi connectivity index (χ0v) is 12.2. The van der Waals surface area contributed by atoms with Crippen molar-refractivity contribution in [2.45, 2.75) is 38.1 Å². The summed E-state index contributed by atoms with van der Waals surface area (Å²) in [5, 5.41) is 13.5. The number of nitrogens with one attached hydrogen (secondary N) is 1. The summed E-state index contributed by atoms with van der Waals surface area (Å²) in [6, 6.07) is 7.88. The summed E-state index contributed by atoms with van der Waals surface area (Å²) in [6.07, 6.45) is 3.23. The van der Waals surface area contributed by atoms with Gasteiger partial charge >= 0.3 is 5.97 Å². The maximum Gasteiger partial charge on any atom is 0.329 e. The number of hydrogen-bond acceptors (Lipinski definition) is 4. The van der Waals surface area contributed by atoms with Gasteiger partial charge in [0.05, 0.1) is 10.2 Å². The lowest BCUT2D eigenvalue weighted by molar-refractivity contribution is -0.143. The van der Waals surface area contributed by atoms with Crippen molar-refractivity contribution in [3.8, 4) is 0 Å². The first-order chi connectivity index (χ1) is 9.59. The Morgan fingerprint density at radius 1 is 1.40 bits per heavy atom. The second-order valence-corrected chi connectivity index (χ2v) is 6.71. The fraction of sp³-hybridized carbons (Fsp3) is 0.467. The maximum atomic E-state index is 11.7. The molecule has 1 aromatic heterocycles. The van der Waals surface area contributed by atoms with Gasteiger partial charge in [-0.3, -0.25) is 0 Å². The monoisotopic (exact) mass is 290 g/mol. The van der Waals surface area contributed by atoms with Gasteiger partial charge in [0.15, 0.2) is 5.13 Å². The van der Waals surface area contributed by atoms with Crippen LogP contribution in [0.3, 0.4) is 0 Å². The zero-order chi connectivity index (χ0) is 14.2. The highest BCUT2D eigenvalue weighted by atomic mass is 32.1. The molecule has 0 bridgehead atoms. The molecule has 0 aliphatic heterocycles. The van der Waals surface area contributed by atoms with Gasteiger partial charge in [-0.05, 0) is 43.7 Å². The number of hydrogen-bond donors (Lipinski definition) is 2. The smallest absolute Gasteiger partial charge is 0.329 e. The Morgan fingerprint density at radius 3 is 2.75 bits per heavy atom. The summed E-state index contributed by atoms with van der Waals surface area (Å²) in [5.41, 5.74) is 0.0742. The largest absolute Gasteiger partial charge is 0.480 e. The molecule has 1 aliphatic rings. The molecule has 2 aromatic rings. The molecule has 0 atom stereocenters. The molecular weight excluding hydrogens is 272 g/mol. The lowest BCUT2D eigenvalue weighted by atomic mass is 9.77. The summed E-state index contributed by atoms with van der Waals surface area (Å²) in [4.78, 5) is 16.2. The van der Waals surface area contributed by atoms with Gasteiger partial charge in [0, 0.05) is 0 Å². The zero-order valence-electron chi connectivity index (χ0n) is 11.4. The van der Waals surface area contributed by atoms with E-state index in [0.29, 0.717) is 23.9 Å². The maximum absolute atomic E-state index is 11.7. The van der Waals surface area contributed by atoms with E-state index in [1.807, 2.05) is 24.3 Å². The number of para-hydroxylation sites is 1. The van der Waals surface area contributed by atoms with Crippen molar-refractivity contribution in [2.75, 3.05) is 5.32 Å². The quantitative estimate of drug-likeness (QED) is 0.904. The van der Waals surface area contributed by atoms with E-state index in [1.165, 1.54) is 11.3 Å². The van der Waals surface area contributed by atoms with Gasteiger partial charge in [0.25, 0.3) is 0 Å². The lowest BCUT2D eigenvalue weighted by Crippen LogP contribution is -2.48. The normalized spacial score (nSPS) is 26.6. The van der Waals surface area contributed by atoms with E-state index in [1.54, 1.807) is 0 Å². The molecule has 1 heterocycles. The van der Waals surface area contributed by atoms with Crippen LogP contribution in [0.25, 0.3) is 10.2 Å². The third-order valence-electron chi connectivity index (χ3n) is 4.18. The Labute approximate surface area is 121 Å². The summed E-state index contributed by atoms with van der Waals surface area (Å²) in [5.74, 6) is -0.150. The summed E-state index contributed by atoms with van der Waals surface area (Å²) in [7, 11) is 0. The predicted octanol–water partition coefficient (Wildman–Crippen LogP) is 3.74. The number of aromatic nitrogens is 1. The molecule has 0 unspecified atom stereocenters. The number of thiazole rings is 1. The van der Waals surface area contributed by atoms with Crippen LogP contribution in [0.15, 0.2) is 24.3 Å². The number of benzene rings is 1. The van der Waals surface area contributed by atoms with Crippen LogP contribution in [0, 0.1) is 5.92 Å². The van der Waals surface area contributed by atoms with E-state index in [2.05, 4.69) is 17.2 Å². The first-order valence-corrected chi connectivity index (χ1v) is 7.78. The van der Waals surface area contributed by atoms with E-state index in [-0.39, 0.29) is 0 Å². The number of rotatable bonds is 3. The molecule has 3 rings (SSSR count). The summed E-state index contributed by atoms with van der Waals surface area (Å²) < 4.78 is 1.08. The van der Waals surface area contributed by atoms with Crippen molar-refractivity contribution in [3.05, 3.63) is 24.3 Å². The first kappa shape index (κ1) is 13.4. The molecule has 1 aliphatic carbocycles. The second-order valence-electron chi connectivity index (χ2n) is 5.68. The molecule has 1 fully saturated rings. The highest BCUT2D eigenvalue weighted by molar-refractivity contribution is 7.22. The van der Waals surface area contributed by atoms with E-state index in [9.17, 15) is 9.90 Å². The fourth-order valence-electron chi connectivity index (χ4n) is 2.78. The number of aliphatic carboxylic acids is 1. The van der Waals surface area contributed by atoms with E-state index >= 15 is 0 Å². The van der Waals surface area contributed by atoms with Crippen LogP contribution in [0.4, 0.5) is 5.13 Å². The summed E-state index contributed by atoms with van der Waals surface area (Å²) >= 11 is 1.52. The number of carboxylic acid groups (broad SMARTS) is 1. The van der Waals surface area contributed by atoms with E-state index in [0.717, 1.165) is 23.1 Å². The van der Waals surface area contributed by atoms with Crippen LogP contribution < -0.4 is 5.32 Å². The van der Waals surface area contributed by atoms with E-state index in [4.69, 9.17) is 0 Å². The Morgan fingerprint density at radius 2 is 2.10 bits per heavy atom. The SMILES string of the molecule is CC1CCC(Nc2nc3ccccc3s2)(C(=O)O)CC1. The fourth-order valence-corrected chi connectivity index (χ4v) is 3.74. The predicted molar refractivity (Wildman–Crippen MR) is 81.2 cm³/mol. The third kappa shape index (κ3) is 2.38. The Balaban J connectivity index is 1.88. The molecule has 4 nitrogen and oxygen atoms in total. The van der Waals surface area contributed by atoms with Crippen molar-refractivity contribution < 1.29 is 9.90 Å². The highest BCUT2D eigenvalue weighted by Gasteiger charge is 2.41. The summed E-state index contributed by atoms with van der Waals surface area (Å²) in [6.45, 7) is 2.18. The van der Waals surface area contributed by atoms with Gasteiger partial charge < -0.3 is 10.4 Å². The molecule has 2 N–H and O–H groups in total. The lowest BCUT2D eigenvalue weighted by Gasteiger charge is -2.36. The van der Waals surface area contributed by atoms with Gasteiger partial charge in [-0.2, -0.15) is 0 Å². The van der Waals surface area contributed by atoms with Crippen LogP contribution in [-0.4, -0.2) is 21.6 Å². The molecule has 20 heavy (non-hydrogen) atoms. The Bertz CT molecular complexity index is 597. The van der Waals surface area contributed by atoms with Crippen LogP contribution in [0.5, 0.6) is 0 Å². The van der Waals surface area contributed by atoms with Gasteiger partial charge in [0.2, 0.25) is 0 Å². The molecular formula is C15H18N2O2S. The molecule has 0 spiro atoms. The van der Waals surface area contributed by atoms with Crippen LogP contribution in [0.1, 0.15) is 32.6 Å². The Hall–Kier alpha value is -1.62. The van der Waals surface area contributed by atoms with Crippen molar-refractivity contribution in [1.82, 2.24) is 4.98 Å². The average Bonchev–Trinajstić information content (AvgIpc) is 2.83. The van der Waals surface area contributed by atoms with Crippen LogP contribution >= 0.6 is 11.3 Å². The molecule has 0 saturated heterocycles. The van der Waals surface area contributed by atoms with Gasteiger partial charge in [-0.15, -0.1) is 0 Å². The van der Waals surface area contributed by atoms with Crippen molar-refractivity contribution in [3.63, 3.8) is 0 Å². The van der Waals surface area contributed by atoms with E-state index < -0.39 is 11.5 Å². The topological polar surface area (TPSA) is 62.2 Å². The number of carboxylic acids is 1. The minimum Gasteiger partial charge on any atom is -0.480 e. The average molecular weight is 290 g/mol. The van der Waals surface area contributed by atoms with Crippen molar-refractivity contribution in [1.29, 1.82) is 0 Å². The number of carbonyl (C=O) groups is 1. The molecule has 1 saturated carbocycles. The minimum atomic E-state index is -0.847. The highest BCUT2D eigenvalue weighted by Crippen LogP contribution is 2.36. The van der Waals surface area contributed by atoms with Gasteiger partial charge in [-0.25, -0.2) is 9.78 Å². The first-order valence-electron chi connectivity index (χ1n) is 6.96. The van der Waals surface area contributed by atoms with Crippen LogP contribution in [-0.2, 0) is 4.79 Å². The third-order valence-corrected chi connectivity index (χ3v) is 5.13. The second kappa shape index (κ2) is 5.05. The molecule has 1 aromatic carbocycles. The molecule has 0 radical (unpaired) electrons. The molecule has 0 amide bonds. The number of fused-ring (bicyclic) bond motifs is 1. The van der Waals surface area contributed by atoms with Gasteiger partial charge in [-0.1, -0.05) is 30.4 Å². The molecule has 5 heteroatoms. The standard InChI is InChI=1S/C15H18N2O2S/c1-10-6-8-15(9-7-10,13(18)19)17-14-16-11-4-2-3-5-12(11)20-14/h2-5,10H,6-9H2,1H3,(H,16,17)(H,18,19). The van der Waals surface area contributed by atoms with Gasteiger partial charge in [0.1, 0.15) is 5.54 Å².